The summed E-state index contributed by atoms with van der Waals surface area (Å²) in [7, 11) is 1.65. The molecule has 0 spiro atoms. The molecule has 0 amide bonds. The van der Waals surface area contributed by atoms with E-state index in [2.05, 4.69) is 4.98 Å². The van der Waals surface area contributed by atoms with Gasteiger partial charge in [-0.05, 0) is 24.6 Å². The predicted octanol–water partition coefficient (Wildman–Crippen LogP) is 2.45. The molecule has 0 radical (unpaired) electrons. The highest BCUT2D eigenvalue weighted by atomic mass is 16.5. The molecule has 0 aliphatic rings. The van der Waals surface area contributed by atoms with Gasteiger partial charge in [0.2, 0.25) is 0 Å². The smallest absolute Gasteiger partial charge is 0.124 e. The van der Waals surface area contributed by atoms with E-state index in [0.717, 1.165) is 22.6 Å². The van der Waals surface area contributed by atoms with Crippen molar-refractivity contribution in [3.8, 4) is 5.75 Å². The maximum absolute atomic E-state index is 6.25. The molecule has 1 aromatic heterocycles. The van der Waals surface area contributed by atoms with E-state index < -0.39 is 0 Å². The van der Waals surface area contributed by atoms with Gasteiger partial charge in [-0.3, -0.25) is 4.98 Å². The van der Waals surface area contributed by atoms with Gasteiger partial charge in [0.05, 0.1) is 18.8 Å². The Balaban J connectivity index is 2.44. The zero-order valence-corrected chi connectivity index (χ0v) is 10.1. The Morgan fingerprint density at radius 2 is 1.94 bits per heavy atom. The number of aromatic nitrogens is 1. The molecule has 1 unspecified atom stereocenters. The van der Waals surface area contributed by atoms with Crippen molar-refractivity contribution in [3.05, 3.63) is 59.4 Å². The summed E-state index contributed by atoms with van der Waals surface area (Å²) >= 11 is 0. The van der Waals surface area contributed by atoms with Crippen molar-refractivity contribution in [2.75, 3.05) is 7.11 Å². The highest BCUT2D eigenvalue weighted by Gasteiger charge is 2.16. The molecule has 2 N–H and O–H groups in total. The molecular weight excluding hydrogens is 212 g/mol. The molecule has 0 saturated heterocycles. The van der Waals surface area contributed by atoms with Crippen molar-refractivity contribution in [3.63, 3.8) is 0 Å². The molecule has 1 aromatic carbocycles. The molecule has 1 atom stereocenters. The van der Waals surface area contributed by atoms with Gasteiger partial charge >= 0.3 is 0 Å². The topological polar surface area (TPSA) is 48.1 Å². The van der Waals surface area contributed by atoms with Crippen LogP contribution in [0, 0.1) is 6.92 Å². The van der Waals surface area contributed by atoms with E-state index in [4.69, 9.17) is 10.5 Å². The number of hydrogen-bond donors (Lipinski definition) is 1. The van der Waals surface area contributed by atoms with Crippen molar-refractivity contribution in [1.82, 2.24) is 4.98 Å². The maximum atomic E-state index is 6.25. The maximum Gasteiger partial charge on any atom is 0.124 e. The quantitative estimate of drug-likeness (QED) is 0.877. The summed E-state index contributed by atoms with van der Waals surface area (Å²) in [4.78, 5) is 4.35. The molecule has 0 fully saturated rings. The average molecular weight is 228 g/mol. The molecule has 0 saturated carbocycles. The summed E-state index contributed by atoms with van der Waals surface area (Å²) < 4.78 is 5.32. The van der Waals surface area contributed by atoms with Crippen molar-refractivity contribution in [2.24, 2.45) is 5.73 Å². The van der Waals surface area contributed by atoms with Crippen LogP contribution >= 0.6 is 0 Å². The summed E-state index contributed by atoms with van der Waals surface area (Å²) in [5.41, 5.74) is 9.18. The zero-order chi connectivity index (χ0) is 12.3. The van der Waals surface area contributed by atoms with Crippen LogP contribution in [0.5, 0.6) is 5.75 Å². The number of nitrogens with two attached hydrogens (primary N) is 1. The Morgan fingerprint density at radius 3 is 2.65 bits per heavy atom. The van der Waals surface area contributed by atoms with Gasteiger partial charge in [0, 0.05) is 11.8 Å². The summed E-state index contributed by atoms with van der Waals surface area (Å²) in [6.07, 6.45) is 1.76. The van der Waals surface area contributed by atoms with Crippen molar-refractivity contribution < 1.29 is 4.74 Å². The lowest BCUT2D eigenvalue weighted by Crippen LogP contribution is -2.15. The molecule has 0 aliphatic carbocycles. The Labute approximate surface area is 101 Å². The number of hydrogen-bond acceptors (Lipinski definition) is 3. The molecule has 3 nitrogen and oxygen atoms in total. The van der Waals surface area contributed by atoms with Crippen LogP contribution in [0.2, 0.25) is 0 Å². The first kappa shape index (κ1) is 11.6. The monoisotopic (exact) mass is 228 g/mol. The molecule has 0 aliphatic heterocycles. The minimum atomic E-state index is -0.257. The van der Waals surface area contributed by atoms with Crippen LogP contribution in [-0.2, 0) is 0 Å². The fourth-order valence-electron chi connectivity index (χ4n) is 1.89. The summed E-state index contributed by atoms with van der Waals surface area (Å²) in [6, 6.07) is 11.4. The van der Waals surface area contributed by atoms with Crippen LogP contribution in [0.1, 0.15) is 22.9 Å². The van der Waals surface area contributed by atoms with E-state index in [1.54, 1.807) is 13.3 Å². The van der Waals surface area contributed by atoms with Gasteiger partial charge in [-0.15, -0.1) is 0 Å². The third-order valence-corrected chi connectivity index (χ3v) is 2.82. The fraction of sp³-hybridized carbons (Fsp3) is 0.214. The summed E-state index contributed by atoms with van der Waals surface area (Å²) in [5.74, 6) is 0.796. The van der Waals surface area contributed by atoms with E-state index in [0.29, 0.717) is 0 Å². The highest BCUT2D eigenvalue weighted by molar-refractivity contribution is 5.41. The Hall–Kier alpha value is -1.87. The minimum Gasteiger partial charge on any atom is -0.496 e. The van der Waals surface area contributed by atoms with Crippen molar-refractivity contribution >= 4 is 0 Å². The molecule has 17 heavy (non-hydrogen) atoms. The molecule has 1 heterocycles. The van der Waals surface area contributed by atoms with Gasteiger partial charge in [0.25, 0.3) is 0 Å². The number of rotatable bonds is 3. The third kappa shape index (κ3) is 2.29. The van der Waals surface area contributed by atoms with Crippen molar-refractivity contribution in [1.29, 1.82) is 0 Å². The van der Waals surface area contributed by atoms with Gasteiger partial charge in [-0.2, -0.15) is 0 Å². The van der Waals surface area contributed by atoms with Crippen LogP contribution in [0.15, 0.2) is 42.6 Å². The number of aryl methyl sites for hydroxylation is 1. The average Bonchev–Trinajstić information content (AvgIpc) is 2.38. The molecule has 3 heteroatoms. The molecular formula is C14H16N2O. The van der Waals surface area contributed by atoms with E-state index in [1.807, 2.05) is 43.3 Å². The number of nitrogens with zero attached hydrogens (tertiary/aromatic N) is 1. The minimum absolute atomic E-state index is 0.257. The van der Waals surface area contributed by atoms with Gasteiger partial charge < -0.3 is 10.5 Å². The number of ether oxygens (including phenoxy) is 1. The fourth-order valence-corrected chi connectivity index (χ4v) is 1.89. The lowest BCUT2D eigenvalue weighted by atomic mass is 10.00. The van der Waals surface area contributed by atoms with Gasteiger partial charge in [0.1, 0.15) is 5.75 Å². The second-order valence-electron chi connectivity index (χ2n) is 3.93. The first-order valence-corrected chi connectivity index (χ1v) is 5.54. The largest absolute Gasteiger partial charge is 0.496 e. The SMILES string of the molecule is COc1ccccc1C(N)c1ncccc1C. The second-order valence-corrected chi connectivity index (χ2v) is 3.93. The van der Waals surface area contributed by atoms with Gasteiger partial charge in [-0.1, -0.05) is 24.3 Å². The molecule has 2 rings (SSSR count). The van der Waals surface area contributed by atoms with Crippen LogP contribution in [-0.4, -0.2) is 12.1 Å². The number of pyridine rings is 1. The van der Waals surface area contributed by atoms with E-state index in [9.17, 15) is 0 Å². The van der Waals surface area contributed by atoms with Crippen LogP contribution < -0.4 is 10.5 Å². The van der Waals surface area contributed by atoms with Crippen LogP contribution in [0.3, 0.4) is 0 Å². The predicted molar refractivity (Wildman–Crippen MR) is 68.0 cm³/mol. The number of methoxy groups -OCH3 is 1. The highest BCUT2D eigenvalue weighted by Crippen LogP contribution is 2.28. The molecule has 88 valence electrons. The van der Waals surface area contributed by atoms with E-state index in [1.165, 1.54) is 0 Å². The first-order chi connectivity index (χ1) is 8.24. The lowest BCUT2D eigenvalue weighted by molar-refractivity contribution is 0.407. The van der Waals surface area contributed by atoms with Gasteiger partial charge in [0.15, 0.2) is 0 Å². The Kier molecular flexibility index (Phi) is 3.40. The third-order valence-electron chi connectivity index (χ3n) is 2.82. The van der Waals surface area contributed by atoms with Crippen LogP contribution in [0.4, 0.5) is 0 Å². The lowest BCUT2D eigenvalue weighted by Gasteiger charge is -2.16. The van der Waals surface area contributed by atoms with Crippen LogP contribution in [0.25, 0.3) is 0 Å². The second kappa shape index (κ2) is 4.97. The Morgan fingerprint density at radius 1 is 1.18 bits per heavy atom. The summed E-state index contributed by atoms with van der Waals surface area (Å²) in [5, 5.41) is 0. The van der Waals surface area contributed by atoms with E-state index in [-0.39, 0.29) is 6.04 Å². The van der Waals surface area contributed by atoms with Crippen molar-refractivity contribution in [2.45, 2.75) is 13.0 Å². The zero-order valence-electron chi connectivity index (χ0n) is 10.1. The van der Waals surface area contributed by atoms with Gasteiger partial charge in [-0.25, -0.2) is 0 Å². The molecule has 0 bridgehead atoms. The first-order valence-electron chi connectivity index (χ1n) is 5.54. The standard InChI is InChI=1S/C14H16N2O/c1-10-6-5-9-16-14(10)13(15)11-7-3-4-8-12(11)17-2/h3-9,13H,15H2,1-2H3. The number of para-hydroxylation sites is 1. The Bertz CT molecular complexity index is 511. The van der Waals surface area contributed by atoms with E-state index >= 15 is 0 Å². The normalized spacial score (nSPS) is 12.2. The summed E-state index contributed by atoms with van der Waals surface area (Å²) in [6.45, 7) is 2.01. The number of benzene rings is 1. The molecule has 2 aromatic rings.